The number of benzene rings is 1. The first-order valence-corrected chi connectivity index (χ1v) is 7.30. The molecule has 5 heteroatoms. The van der Waals surface area contributed by atoms with E-state index >= 15 is 0 Å². The Balaban J connectivity index is 1.82. The molecule has 1 aromatic carbocycles. The maximum Gasteiger partial charge on any atom is 0.258 e. The van der Waals surface area contributed by atoms with Crippen LogP contribution in [-0.2, 0) is 4.79 Å². The van der Waals surface area contributed by atoms with Gasteiger partial charge < -0.3 is 15.2 Å². The number of nitrogens with one attached hydrogen (secondary N) is 1. The summed E-state index contributed by atoms with van der Waals surface area (Å²) in [5.74, 6) is 0.444. The summed E-state index contributed by atoms with van der Waals surface area (Å²) in [5, 5.41) is 13.3. The average molecular weight is 298 g/mol. The van der Waals surface area contributed by atoms with E-state index in [1.54, 1.807) is 18.2 Å². The molecule has 20 heavy (non-hydrogen) atoms. The highest BCUT2D eigenvalue weighted by atomic mass is 35.5. The minimum absolute atomic E-state index is 0.0499. The minimum atomic E-state index is -0.440. The van der Waals surface area contributed by atoms with E-state index in [0.29, 0.717) is 10.8 Å². The number of aliphatic hydroxyl groups excluding tert-OH is 1. The first-order valence-electron chi connectivity index (χ1n) is 6.92. The zero-order valence-electron chi connectivity index (χ0n) is 11.6. The molecule has 0 heterocycles. The minimum Gasteiger partial charge on any atom is -0.484 e. The normalized spacial score (nSPS) is 22.4. The standard InChI is InChI=1S/C15H20ClNO3/c1-10-8-11(16)6-7-14(10)20-9-15(19)17-12-4-2-3-5-13(12)18/h6-8,12-13,18H,2-5,9H2,1H3,(H,17,19). The fourth-order valence-corrected chi connectivity index (χ4v) is 2.67. The molecule has 2 N–H and O–H groups in total. The highest BCUT2D eigenvalue weighted by Gasteiger charge is 2.24. The first kappa shape index (κ1) is 15.1. The smallest absolute Gasteiger partial charge is 0.258 e. The maximum atomic E-state index is 11.8. The van der Waals surface area contributed by atoms with Crippen molar-refractivity contribution in [1.29, 1.82) is 0 Å². The highest BCUT2D eigenvalue weighted by Crippen LogP contribution is 2.22. The van der Waals surface area contributed by atoms with Crippen LogP contribution in [0.5, 0.6) is 5.75 Å². The molecule has 1 fully saturated rings. The highest BCUT2D eigenvalue weighted by molar-refractivity contribution is 6.30. The van der Waals surface area contributed by atoms with Gasteiger partial charge in [0, 0.05) is 5.02 Å². The van der Waals surface area contributed by atoms with E-state index < -0.39 is 6.10 Å². The van der Waals surface area contributed by atoms with E-state index in [0.717, 1.165) is 31.2 Å². The number of rotatable bonds is 4. The fourth-order valence-electron chi connectivity index (χ4n) is 2.45. The van der Waals surface area contributed by atoms with Crippen LogP contribution in [0, 0.1) is 6.92 Å². The van der Waals surface area contributed by atoms with Crippen molar-refractivity contribution in [3.05, 3.63) is 28.8 Å². The van der Waals surface area contributed by atoms with E-state index in [-0.39, 0.29) is 18.6 Å². The number of hydrogen-bond acceptors (Lipinski definition) is 3. The third-order valence-corrected chi connectivity index (χ3v) is 3.81. The lowest BCUT2D eigenvalue weighted by molar-refractivity contribution is -0.125. The number of hydrogen-bond donors (Lipinski definition) is 2. The Bertz CT molecular complexity index is 478. The molecule has 2 rings (SSSR count). The monoisotopic (exact) mass is 297 g/mol. The molecule has 2 unspecified atom stereocenters. The van der Waals surface area contributed by atoms with E-state index in [1.165, 1.54) is 0 Å². The third kappa shape index (κ3) is 4.12. The molecule has 0 bridgehead atoms. The molecular weight excluding hydrogens is 278 g/mol. The predicted octanol–water partition coefficient (Wildman–Crippen LogP) is 2.45. The van der Waals surface area contributed by atoms with Gasteiger partial charge in [-0.15, -0.1) is 0 Å². The molecule has 1 aliphatic carbocycles. The van der Waals surface area contributed by atoms with Crippen molar-refractivity contribution in [2.75, 3.05) is 6.61 Å². The summed E-state index contributed by atoms with van der Waals surface area (Å²) in [6.07, 6.45) is 3.20. The Kier molecular flexibility index (Phi) is 5.26. The lowest BCUT2D eigenvalue weighted by Crippen LogP contribution is -2.46. The summed E-state index contributed by atoms with van der Waals surface area (Å²) < 4.78 is 5.48. The van der Waals surface area contributed by atoms with Crippen molar-refractivity contribution in [1.82, 2.24) is 5.32 Å². The maximum absolute atomic E-state index is 11.8. The molecule has 2 atom stereocenters. The van der Waals surface area contributed by atoms with Gasteiger partial charge >= 0.3 is 0 Å². The number of halogens is 1. The van der Waals surface area contributed by atoms with Crippen LogP contribution in [0.3, 0.4) is 0 Å². The van der Waals surface area contributed by atoms with Gasteiger partial charge in [-0.2, -0.15) is 0 Å². The molecule has 0 aliphatic heterocycles. The van der Waals surface area contributed by atoms with Crippen molar-refractivity contribution >= 4 is 17.5 Å². The van der Waals surface area contributed by atoms with Gasteiger partial charge in [-0.1, -0.05) is 24.4 Å². The largest absolute Gasteiger partial charge is 0.484 e. The Morgan fingerprint density at radius 2 is 2.20 bits per heavy atom. The van der Waals surface area contributed by atoms with Crippen LogP contribution in [-0.4, -0.2) is 29.8 Å². The number of amides is 1. The van der Waals surface area contributed by atoms with Gasteiger partial charge in [0.15, 0.2) is 6.61 Å². The van der Waals surface area contributed by atoms with Crippen molar-refractivity contribution in [2.45, 2.75) is 44.8 Å². The molecule has 1 aromatic rings. The number of ether oxygens (including phenoxy) is 1. The number of aliphatic hydroxyl groups is 1. The molecule has 1 amide bonds. The molecule has 0 spiro atoms. The SMILES string of the molecule is Cc1cc(Cl)ccc1OCC(=O)NC1CCCCC1O. The van der Waals surface area contributed by atoms with Crippen LogP contribution < -0.4 is 10.1 Å². The van der Waals surface area contributed by atoms with E-state index in [4.69, 9.17) is 16.3 Å². The zero-order valence-corrected chi connectivity index (χ0v) is 12.3. The molecule has 1 saturated carbocycles. The predicted molar refractivity (Wildman–Crippen MR) is 78.1 cm³/mol. The molecule has 0 saturated heterocycles. The van der Waals surface area contributed by atoms with Crippen LogP contribution in [0.2, 0.25) is 5.02 Å². The van der Waals surface area contributed by atoms with Gasteiger partial charge in [0.1, 0.15) is 5.75 Å². The molecule has 1 aliphatic rings. The lowest BCUT2D eigenvalue weighted by Gasteiger charge is -2.28. The van der Waals surface area contributed by atoms with Gasteiger partial charge in [-0.25, -0.2) is 0 Å². The quantitative estimate of drug-likeness (QED) is 0.897. The summed E-state index contributed by atoms with van der Waals surface area (Å²) in [5.41, 5.74) is 0.892. The molecule has 110 valence electrons. The molecule has 0 radical (unpaired) electrons. The van der Waals surface area contributed by atoms with Crippen LogP contribution in [0.4, 0.5) is 0 Å². The second-order valence-corrected chi connectivity index (χ2v) is 5.66. The third-order valence-electron chi connectivity index (χ3n) is 3.57. The zero-order chi connectivity index (χ0) is 14.5. The Hall–Kier alpha value is -1.26. The summed E-state index contributed by atoms with van der Waals surface area (Å²) in [4.78, 5) is 11.8. The molecular formula is C15H20ClNO3. The molecule has 4 nitrogen and oxygen atoms in total. The lowest BCUT2D eigenvalue weighted by atomic mass is 9.92. The Morgan fingerprint density at radius 3 is 2.90 bits per heavy atom. The van der Waals surface area contributed by atoms with E-state index in [1.807, 2.05) is 6.92 Å². The summed E-state index contributed by atoms with van der Waals surface area (Å²) in [6, 6.07) is 5.12. The van der Waals surface area contributed by atoms with Crippen molar-refractivity contribution in [3.8, 4) is 5.75 Å². The Morgan fingerprint density at radius 1 is 1.45 bits per heavy atom. The summed E-state index contributed by atoms with van der Waals surface area (Å²) in [6.45, 7) is 1.83. The van der Waals surface area contributed by atoms with Crippen LogP contribution in [0.25, 0.3) is 0 Å². The van der Waals surface area contributed by atoms with Gasteiger partial charge in [0.05, 0.1) is 12.1 Å². The van der Waals surface area contributed by atoms with Gasteiger partial charge in [-0.3, -0.25) is 4.79 Å². The molecule has 0 aromatic heterocycles. The number of carbonyl (C=O) groups excluding carboxylic acids is 1. The van der Waals surface area contributed by atoms with Crippen molar-refractivity contribution in [2.24, 2.45) is 0 Å². The number of aryl methyl sites for hydroxylation is 1. The van der Waals surface area contributed by atoms with Crippen LogP contribution in [0.1, 0.15) is 31.2 Å². The second-order valence-electron chi connectivity index (χ2n) is 5.22. The second kappa shape index (κ2) is 6.95. The van der Waals surface area contributed by atoms with Crippen molar-refractivity contribution < 1.29 is 14.6 Å². The van der Waals surface area contributed by atoms with Gasteiger partial charge in [-0.05, 0) is 43.5 Å². The van der Waals surface area contributed by atoms with Crippen LogP contribution >= 0.6 is 11.6 Å². The van der Waals surface area contributed by atoms with E-state index in [9.17, 15) is 9.90 Å². The summed E-state index contributed by atoms with van der Waals surface area (Å²) in [7, 11) is 0. The first-order chi connectivity index (χ1) is 9.56. The van der Waals surface area contributed by atoms with Gasteiger partial charge in [0.2, 0.25) is 0 Å². The average Bonchev–Trinajstić information content (AvgIpc) is 2.40. The number of carbonyl (C=O) groups is 1. The van der Waals surface area contributed by atoms with Crippen LogP contribution in [0.15, 0.2) is 18.2 Å². The van der Waals surface area contributed by atoms with Crippen molar-refractivity contribution in [3.63, 3.8) is 0 Å². The summed E-state index contributed by atoms with van der Waals surface area (Å²) >= 11 is 5.86. The Labute approximate surface area is 124 Å². The van der Waals surface area contributed by atoms with Gasteiger partial charge in [0.25, 0.3) is 5.91 Å². The fraction of sp³-hybridized carbons (Fsp3) is 0.533. The van der Waals surface area contributed by atoms with E-state index in [2.05, 4.69) is 5.32 Å². The topological polar surface area (TPSA) is 58.6 Å².